The summed E-state index contributed by atoms with van der Waals surface area (Å²) in [7, 11) is -2.37. The topological polar surface area (TPSA) is 182 Å². The van der Waals surface area contributed by atoms with Gasteiger partial charge in [0.05, 0.1) is 30.1 Å². The van der Waals surface area contributed by atoms with Crippen molar-refractivity contribution in [2.24, 2.45) is 11.3 Å². The molecule has 4 aromatic rings. The van der Waals surface area contributed by atoms with Crippen molar-refractivity contribution in [3.63, 3.8) is 0 Å². The van der Waals surface area contributed by atoms with E-state index in [1.165, 1.54) is 11.0 Å². The van der Waals surface area contributed by atoms with Gasteiger partial charge in [0.15, 0.2) is 6.10 Å². The molecule has 58 heavy (non-hydrogen) atoms. The predicted molar refractivity (Wildman–Crippen MR) is 217 cm³/mol. The molecule has 4 amide bonds. The summed E-state index contributed by atoms with van der Waals surface area (Å²) in [5, 5.41) is 5.46. The van der Waals surface area contributed by atoms with Gasteiger partial charge in [-0.1, -0.05) is 75.4 Å². The molecule has 1 saturated heterocycles. The highest BCUT2D eigenvalue weighted by atomic mass is 32.2. The number of ether oxygens (including phenoxy) is 3. The van der Waals surface area contributed by atoms with Crippen LogP contribution in [0.5, 0.6) is 11.5 Å². The van der Waals surface area contributed by atoms with Gasteiger partial charge in [-0.15, -0.1) is 6.58 Å². The number of hydrogen-bond acceptors (Lipinski definition) is 10. The second-order valence-corrected chi connectivity index (χ2v) is 18.0. The summed E-state index contributed by atoms with van der Waals surface area (Å²) >= 11 is 0. The van der Waals surface area contributed by atoms with E-state index in [0.717, 1.165) is 5.56 Å². The van der Waals surface area contributed by atoms with Gasteiger partial charge in [-0.05, 0) is 43.5 Å². The lowest BCUT2D eigenvalue weighted by Gasteiger charge is -2.34. The number of para-hydroxylation sites is 1. The van der Waals surface area contributed by atoms with Crippen molar-refractivity contribution in [3.05, 3.63) is 97.6 Å². The van der Waals surface area contributed by atoms with Crippen molar-refractivity contribution in [1.82, 2.24) is 19.9 Å². The van der Waals surface area contributed by atoms with Gasteiger partial charge in [0.25, 0.3) is 11.8 Å². The van der Waals surface area contributed by atoms with Crippen molar-refractivity contribution in [3.8, 4) is 22.8 Å². The number of benzene rings is 3. The number of methoxy groups -OCH3 is 1. The smallest absolute Gasteiger partial charge is 0.412 e. The van der Waals surface area contributed by atoms with Crippen LogP contribution in [-0.2, 0) is 29.1 Å². The fraction of sp³-hybridized carbons (Fsp3) is 0.372. The van der Waals surface area contributed by atoms with Gasteiger partial charge >= 0.3 is 6.09 Å². The minimum absolute atomic E-state index is 0.0118. The van der Waals surface area contributed by atoms with Crippen LogP contribution < -0.4 is 24.8 Å². The molecule has 7 rings (SSSR count). The Morgan fingerprint density at radius 3 is 2.29 bits per heavy atom. The molecule has 0 radical (unpaired) electrons. The lowest BCUT2D eigenvalue weighted by Crippen LogP contribution is -2.58. The van der Waals surface area contributed by atoms with Crippen LogP contribution >= 0.6 is 0 Å². The maximum atomic E-state index is 14.7. The Balaban J connectivity index is 1.21. The normalized spacial score (nSPS) is 22.0. The lowest BCUT2D eigenvalue weighted by atomic mass is 9.88. The van der Waals surface area contributed by atoms with Crippen molar-refractivity contribution < 1.29 is 41.8 Å². The first-order valence-corrected chi connectivity index (χ1v) is 20.7. The van der Waals surface area contributed by atoms with E-state index in [1.807, 2.05) is 36.4 Å². The number of nitrogens with zero attached hydrogens (tertiary/aromatic N) is 2. The highest BCUT2D eigenvalue weighted by molar-refractivity contribution is 7.91. The zero-order valence-corrected chi connectivity index (χ0v) is 33.6. The van der Waals surface area contributed by atoms with Crippen molar-refractivity contribution >= 4 is 50.4 Å². The van der Waals surface area contributed by atoms with E-state index in [0.29, 0.717) is 46.6 Å². The molecule has 0 bridgehead atoms. The van der Waals surface area contributed by atoms with Crippen molar-refractivity contribution in [1.29, 1.82) is 0 Å². The van der Waals surface area contributed by atoms with Gasteiger partial charge in [0.2, 0.25) is 15.9 Å². The van der Waals surface area contributed by atoms with Crippen molar-refractivity contribution in [2.75, 3.05) is 19.0 Å². The Morgan fingerprint density at radius 1 is 0.983 bits per heavy atom. The third-order valence-electron chi connectivity index (χ3n) is 10.7. The van der Waals surface area contributed by atoms with Crippen LogP contribution in [0.25, 0.3) is 22.2 Å². The molecule has 2 saturated carbocycles. The fourth-order valence-corrected chi connectivity index (χ4v) is 8.62. The summed E-state index contributed by atoms with van der Waals surface area (Å²) < 4.78 is 45.7. The molecule has 3 fully saturated rings. The first-order chi connectivity index (χ1) is 27.6. The number of hydrogen-bond donors (Lipinski definition) is 3. The van der Waals surface area contributed by atoms with Gasteiger partial charge in [-0.25, -0.2) is 18.2 Å². The quantitative estimate of drug-likeness (QED) is 0.144. The molecule has 1 aliphatic heterocycles. The van der Waals surface area contributed by atoms with E-state index in [1.54, 1.807) is 76.4 Å². The number of nitrogens with one attached hydrogen (secondary N) is 3. The molecule has 2 heterocycles. The Hall–Kier alpha value is -5.96. The van der Waals surface area contributed by atoms with Gasteiger partial charge in [0.1, 0.15) is 29.2 Å². The summed E-state index contributed by atoms with van der Waals surface area (Å²) in [5.41, 5.74) is 0.00329. The maximum Gasteiger partial charge on any atom is 0.412 e. The summed E-state index contributed by atoms with van der Waals surface area (Å²) in [6.07, 6.45) is -0.480. The summed E-state index contributed by atoms with van der Waals surface area (Å²) in [5.74, 6) is -1.71. The Labute approximate surface area is 337 Å². The van der Waals surface area contributed by atoms with Gasteiger partial charge in [0, 0.05) is 46.5 Å². The molecular weight excluding hydrogens is 763 g/mol. The predicted octanol–water partition coefficient (Wildman–Crippen LogP) is 5.59. The van der Waals surface area contributed by atoms with Crippen LogP contribution in [0.2, 0.25) is 0 Å². The van der Waals surface area contributed by atoms with Crippen LogP contribution in [0.4, 0.5) is 10.5 Å². The number of sulfonamides is 1. The molecule has 2 aliphatic carbocycles. The standard InChI is InChI=1S/C43H47N5O9S/c1-6-27-24-43(27,40(51)47-58(53,54)31-18-19-31)46-38(49)35-22-30(25-48(35)39(50)37(42(2,3)4)57-41(52)44-28-15-11-8-12-16-28)56-36-23-33(26-13-9-7-10-14-26)45-34-21-29(55-5)17-20-32(34)36/h6-17,20-21,23,27,30-31,35,37H,1,18-19,22,24-25H2,2-5H3,(H,44,52)(H,46,49)(H,47,51)/t27-,30-,35+,37?,43-/m1/s1. The summed E-state index contributed by atoms with van der Waals surface area (Å²) in [4.78, 5) is 62.2. The van der Waals surface area contributed by atoms with Crippen LogP contribution in [0.15, 0.2) is 97.6 Å². The minimum Gasteiger partial charge on any atom is -0.497 e. The van der Waals surface area contributed by atoms with Crippen LogP contribution in [0.3, 0.4) is 0 Å². The van der Waals surface area contributed by atoms with Crippen LogP contribution in [0, 0.1) is 11.3 Å². The van der Waals surface area contributed by atoms with Crippen LogP contribution in [0.1, 0.15) is 46.5 Å². The number of likely N-dealkylation sites (tertiary alicyclic amines) is 1. The van der Waals surface area contributed by atoms with E-state index < -0.39 is 74.2 Å². The number of aromatic nitrogens is 1. The monoisotopic (exact) mass is 809 g/mol. The number of amides is 4. The third-order valence-corrected chi connectivity index (χ3v) is 12.5. The van der Waals surface area contributed by atoms with Crippen molar-refractivity contribution in [2.45, 2.75) is 75.5 Å². The second kappa shape index (κ2) is 15.8. The zero-order valence-electron chi connectivity index (χ0n) is 32.8. The maximum absolute atomic E-state index is 14.7. The Kier molecular flexibility index (Phi) is 10.9. The molecule has 304 valence electrons. The molecule has 5 atom stereocenters. The first kappa shape index (κ1) is 40.2. The van der Waals surface area contributed by atoms with E-state index in [2.05, 4.69) is 21.9 Å². The SMILES string of the molecule is C=C[C@@H]1C[C@]1(NC(=O)[C@@H]1C[C@@H](Oc2cc(-c3ccccc3)nc3cc(OC)ccc23)CN1C(=O)C(OC(=O)Nc1ccccc1)C(C)(C)C)C(=O)NS(=O)(=O)C1CC1. The van der Waals surface area contributed by atoms with Crippen LogP contribution in [-0.4, -0.2) is 84.8 Å². The minimum atomic E-state index is -3.93. The number of carbonyl (C=O) groups is 4. The Morgan fingerprint density at radius 2 is 1.67 bits per heavy atom. The van der Waals surface area contributed by atoms with E-state index in [-0.39, 0.29) is 19.4 Å². The highest BCUT2D eigenvalue weighted by Gasteiger charge is 2.62. The molecule has 14 nitrogen and oxygen atoms in total. The molecule has 0 spiro atoms. The van der Waals surface area contributed by atoms with E-state index in [4.69, 9.17) is 19.2 Å². The summed E-state index contributed by atoms with van der Waals surface area (Å²) in [6.45, 7) is 8.93. The molecule has 3 N–H and O–H groups in total. The van der Waals surface area contributed by atoms with Gasteiger partial charge in [-0.3, -0.25) is 24.4 Å². The highest BCUT2D eigenvalue weighted by Crippen LogP contribution is 2.46. The molecule has 3 aliphatic rings. The molecule has 1 aromatic heterocycles. The Bertz CT molecular complexity index is 2350. The fourth-order valence-electron chi connectivity index (χ4n) is 7.26. The molecule has 15 heteroatoms. The summed E-state index contributed by atoms with van der Waals surface area (Å²) in [6, 6.07) is 24.2. The number of rotatable bonds is 13. The average Bonchev–Trinajstić information content (AvgIpc) is 4.13. The molecule has 1 unspecified atom stereocenters. The van der Waals surface area contributed by atoms with E-state index in [9.17, 15) is 27.6 Å². The largest absolute Gasteiger partial charge is 0.497 e. The number of anilines is 1. The number of pyridine rings is 1. The third kappa shape index (κ3) is 8.49. The van der Waals surface area contributed by atoms with E-state index >= 15 is 0 Å². The van der Waals surface area contributed by atoms with Gasteiger partial charge < -0.3 is 24.4 Å². The average molecular weight is 810 g/mol. The zero-order chi connectivity index (χ0) is 41.4. The lowest BCUT2D eigenvalue weighted by molar-refractivity contribution is -0.150. The van der Waals surface area contributed by atoms with Gasteiger partial charge in [-0.2, -0.15) is 0 Å². The number of carbonyl (C=O) groups excluding carboxylic acids is 4. The number of fused-ring (bicyclic) bond motifs is 1. The molecular formula is C43H47N5O9S. The second-order valence-electron chi connectivity index (χ2n) is 16.1. The molecule has 3 aromatic carbocycles. The first-order valence-electron chi connectivity index (χ1n) is 19.2.